The van der Waals surface area contributed by atoms with E-state index in [4.69, 9.17) is 14.6 Å². The van der Waals surface area contributed by atoms with Gasteiger partial charge in [-0.3, -0.25) is 9.59 Å². The number of hydrogen-bond acceptors (Lipinski definition) is 5. The second-order valence-electron chi connectivity index (χ2n) is 8.78. The maximum Gasteiger partial charge on any atom is 0.251 e. The summed E-state index contributed by atoms with van der Waals surface area (Å²) in [4.78, 5) is 26.7. The summed E-state index contributed by atoms with van der Waals surface area (Å²) in [5.41, 5.74) is 3.73. The van der Waals surface area contributed by atoms with Crippen LogP contribution in [0.2, 0.25) is 0 Å². The predicted molar refractivity (Wildman–Crippen MR) is 134 cm³/mol. The molecule has 4 aromatic rings. The molecule has 2 N–H and O–H groups in total. The summed E-state index contributed by atoms with van der Waals surface area (Å²) in [5.74, 6) is 0.738. The monoisotopic (exact) mass is 480 g/mol. The van der Waals surface area contributed by atoms with Gasteiger partial charge in [0, 0.05) is 17.0 Å². The van der Waals surface area contributed by atoms with E-state index in [-0.39, 0.29) is 11.8 Å². The van der Waals surface area contributed by atoms with Crippen LogP contribution < -0.4 is 20.1 Å². The number of amides is 2. The lowest BCUT2D eigenvalue weighted by atomic mass is 9.81. The number of carbonyl (C=O) groups is 2. The standard InChI is InChI=1S/C28H24N4O4/c1-17-23-24(19-12-13-21-22(16-19)36-15-14-35-21)25(29-27(33)18-8-4-2-5-9-18)28(34)30-26(23)32(31-17)20-10-6-3-7-11-20/h2-13,16,24-25H,14-15H2,1H3,(H,29,33)(H,30,34)/t24-,25+/m1/s1. The van der Waals surface area contributed by atoms with Crippen LogP contribution >= 0.6 is 0 Å². The number of fused-ring (bicyclic) bond motifs is 2. The lowest BCUT2D eigenvalue weighted by molar-refractivity contribution is -0.118. The van der Waals surface area contributed by atoms with Gasteiger partial charge in [-0.25, -0.2) is 4.68 Å². The fourth-order valence-corrected chi connectivity index (χ4v) is 4.88. The Morgan fingerprint density at radius 2 is 1.67 bits per heavy atom. The number of nitrogens with one attached hydrogen (secondary N) is 2. The van der Waals surface area contributed by atoms with Crippen molar-refractivity contribution in [1.82, 2.24) is 15.1 Å². The molecule has 36 heavy (non-hydrogen) atoms. The Morgan fingerprint density at radius 3 is 2.42 bits per heavy atom. The van der Waals surface area contributed by atoms with Crippen LogP contribution in [-0.2, 0) is 4.79 Å². The van der Waals surface area contributed by atoms with Gasteiger partial charge in [-0.2, -0.15) is 5.10 Å². The molecular weight excluding hydrogens is 456 g/mol. The predicted octanol–water partition coefficient (Wildman–Crippen LogP) is 3.83. The van der Waals surface area contributed by atoms with Gasteiger partial charge in [0.15, 0.2) is 11.5 Å². The molecule has 1 aromatic heterocycles. The highest BCUT2D eigenvalue weighted by atomic mass is 16.6. The molecule has 0 fully saturated rings. The average molecular weight is 481 g/mol. The summed E-state index contributed by atoms with van der Waals surface area (Å²) < 4.78 is 13.3. The van der Waals surface area contributed by atoms with Crippen molar-refractivity contribution in [1.29, 1.82) is 0 Å². The van der Waals surface area contributed by atoms with Gasteiger partial charge in [0.05, 0.1) is 11.4 Å². The number of aromatic nitrogens is 2. The molecule has 2 amide bonds. The van der Waals surface area contributed by atoms with Crippen LogP contribution in [0.4, 0.5) is 5.82 Å². The molecule has 180 valence electrons. The van der Waals surface area contributed by atoms with E-state index in [0.29, 0.717) is 36.1 Å². The summed E-state index contributed by atoms with van der Waals surface area (Å²) in [6, 6.07) is 23.3. The molecule has 0 unspecified atom stereocenters. The van der Waals surface area contributed by atoms with E-state index < -0.39 is 12.0 Å². The minimum Gasteiger partial charge on any atom is -0.486 e. The molecule has 0 spiro atoms. The number of ether oxygens (including phenoxy) is 2. The normalized spacial score (nSPS) is 18.2. The van der Waals surface area contributed by atoms with Gasteiger partial charge in [-0.1, -0.05) is 42.5 Å². The second kappa shape index (κ2) is 8.88. The number of hydrogen-bond donors (Lipinski definition) is 2. The smallest absolute Gasteiger partial charge is 0.251 e. The number of para-hydroxylation sites is 1. The first kappa shape index (κ1) is 21.9. The molecular formula is C28H24N4O4. The molecule has 2 atom stereocenters. The first-order chi connectivity index (χ1) is 17.6. The minimum atomic E-state index is -0.861. The van der Waals surface area contributed by atoms with Gasteiger partial charge in [0.25, 0.3) is 5.91 Å². The van der Waals surface area contributed by atoms with E-state index in [1.54, 1.807) is 28.9 Å². The van der Waals surface area contributed by atoms with E-state index in [2.05, 4.69) is 10.6 Å². The summed E-state index contributed by atoms with van der Waals surface area (Å²) in [6.07, 6.45) is 0. The van der Waals surface area contributed by atoms with Crippen LogP contribution in [0.1, 0.15) is 33.1 Å². The van der Waals surface area contributed by atoms with Gasteiger partial charge in [-0.05, 0) is 48.9 Å². The Bertz CT molecular complexity index is 1450. The molecule has 0 saturated carbocycles. The van der Waals surface area contributed by atoms with Gasteiger partial charge in [0.1, 0.15) is 25.1 Å². The van der Waals surface area contributed by atoms with E-state index >= 15 is 0 Å². The third-order valence-corrected chi connectivity index (χ3v) is 6.52. The van der Waals surface area contributed by atoms with Crippen LogP contribution in [0.25, 0.3) is 5.69 Å². The van der Waals surface area contributed by atoms with Crippen molar-refractivity contribution < 1.29 is 19.1 Å². The summed E-state index contributed by atoms with van der Waals surface area (Å²) in [5, 5.41) is 10.7. The Hall–Kier alpha value is -4.59. The molecule has 3 aromatic carbocycles. The van der Waals surface area contributed by atoms with Crippen LogP contribution in [0.5, 0.6) is 11.5 Å². The van der Waals surface area contributed by atoms with Crippen molar-refractivity contribution in [3.8, 4) is 17.2 Å². The fourth-order valence-electron chi connectivity index (χ4n) is 4.88. The Kier molecular flexibility index (Phi) is 5.41. The number of aryl methyl sites for hydroxylation is 1. The maximum atomic E-state index is 13.6. The van der Waals surface area contributed by atoms with E-state index in [1.807, 2.05) is 61.5 Å². The molecule has 8 heteroatoms. The fraction of sp³-hybridized carbons (Fsp3) is 0.179. The topological polar surface area (TPSA) is 94.5 Å². The molecule has 0 bridgehead atoms. The second-order valence-corrected chi connectivity index (χ2v) is 8.78. The number of carbonyl (C=O) groups excluding carboxylic acids is 2. The number of nitrogens with zero attached hydrogens (tertiary/aromatic N) is 2. The SMILES string of the molecule is Cc1nn(-c2ccccc2)c2c1[C@@H](c1ccc3c(c1)OCCO3)[C@H](NC(=O)c1ccccc1)C(=O)N2. The van der Waals surface area contributed by atoms with Crippen LogP contribution in [0, 0.1) is 6.92 Å². The molecule has 8 nitrogen and oxygen atoms in total. The van der Waals surface area contributed by atoms with Crippen molar-refractivity contribution in [3.05, 3.63) is 101 Å². The molecule has 0 aliphatic carbocycles. The number of rotatable bonds is 4. The highest BCUT2D eigenvalue weighted by Gasteiger charge is 2.42. The molecule has 2 aliphatic heterocycles. The maximum absolute atomic E-state index is 13.6. The van der Waals surface area contributed by atoms with Crippen molar-refractivity contribution in [3.63, 3.8) is 0 Å². The Morgan fingerprint density at radius 1 is 0.972 bits per heavy atom. The van der Waals surface area contributed by atoms with E-state index in [9.17, 15) is 9.59 Å². The molecule has 0 saturated heterocycles. The van der Waals surface area contributed by atoms with Gasteiger partial charge in [0.2, 0.25) is 5.91 Å². The van der Waals surface area contributed by atoms with E-state index in [1.165, 1.54) is 0 Å². The minimum absolute atomic E-state index is 0.316. The zero-order chi connectivity index (χ0) is 24.6. The Labute approximate surface area is 207 Å². The Balaban J connectivity index is 1.48. The van der Waals surface area contributed by atoms with Gasteiger partial charge in [-0.15, -0.1) is 0 Å². The zero-order valence-electron chi connectivity index (χ0n) is 19.6. The van der Waals surface area contributed by atoms with Crippen LogP contribution in [0.3, 0.4) is 0 Å². The number of anilines is 1. The quantitative estimate of drug-likeness (QED) is 0.463. The third kappa shape index (κ3) is 3.76. The summed E-state index contributed by atoms with van der Waals surface area (Å²) >= 11 is 0. The lowest BCUT2D eigenvalue weighted by Crippen LogP contribution is -2.50. The van der Waals surface area contributed by atoms with E-state index in [0.717, 1.165) is 22.5 Å². The zero-order valence-corrected chi connectivity index (χ0v) is 19.6. The van der Waals surface area contributed by atoms with Crippen LogP contribution in [-0.4, -0.2) is 40.9 Å². The van der Waals surface area contributed by atoms with Crippen LogP contribution in [0.15, 0.2) is 78.9 Å². The molecule has 6 rings (SSSR count). The lowest BCUT2D eigenvalue weighted by Gasteiger charge is -2.33. The highest BCUT2D eigenvalue weighted by Crippen LogP contribution is 2.43. The summed E-state index contributed by atoms with van der Waals surface area (Å²) in [6.45, 7) is 2.85. The molecule has 3 heterocycles. The first-order valence-corrected chi connectivity index (χ1v) is 11.8. The molecule has 2 aliphatic rings. The third-order valence-electron chi connectivity index (χ3n) is 6.52. The highest BCUT2D eigenvalue weighted by molar-refractivity contribution is 6.04. The van der Waals surface area contributed by atoms with Crippen molar-refractivity contribution in [2.45, 2.75) is 18.9 Å². The van der Waals surface area contributed by atoms with Crippen molar-refractivity contribution in [2.75, 3.05) is 18.5 Å². The number of benzene rings is 3. The molecule has 0 radical (unpaired) electrons. The average Bonchev–Trinajstić information content (AvgIpc) is 3.25. The largest absolute Gasteiger partial charge is 0.486 e. The first-order valence-electron chi connectivity index (χ1n) is 11.8. The van der Waals surface area contributed by atoms with Crippen molar-refractivity contribution in [2.24, 2.45) is 0 Å². The van der Waals surface area contributed by atoms with Gasteiger partial charge >= 0.3 is 0 Å². The van der Waals surface area contributed by atoms with Gasteiger partial charge < -0.3 is 20.1 Å². The summed E-state index contributed by atoms with van der Waals surface area (Å²) in [7, 11) is 0. The van der Waals surface area contributed by atoms with Crippen molar-refractivity contribution >= 4 is 17.6 Å².